The van der Waals surface area contributed by atoms with E-state index in [9.17, 15) is 0 Å². The minimum absolute atomic E-state index is 0. The van der Waals surface area contributed by atoms with E-state index in [-0.39, 0.29) is 35.6 Å². The maximum atomic E-state index is 2.51. The monoisotopic (exact) mass is 750 g/mol. The second-order valence-electron chi connectivity index (χ2n) is 14.6. The Labute approximate surface area is 305 Å². The zero-order chi connectivity index (χ0) is 31.3. The Kier molecular flexibility index (Phi) is 10.7. The molecule has 0 aliphatic heterocycles. The Balaban J connectivity index is 0.00000217. The standard InChI is InChI=1S/C21H25.C13H10.C9H7S.2ClH.Zr/c1-20(2,3)16-7-9-18-14(12-16)11-15-13-17(21(4,5)6)8-10-19(15)18;1-3-7-12(8-4-1)11-13-9-5-2-6-10-13;1-2-4-8(3-1)9-5-6-10-7-9;;;/h7-10,12H,11H2,1-6H3;1-10H;1,3,5-7H,2H2;2*1H;/q;;;;;+2/p-2. The summed E-state index contributed by atoms with van der Waals surface area (Å²) in [7, 11) is 0. The van der Waals surface area contributed by atoms with E-state index in [1.54, 1.807) is 26.7 Å². The van der Waals surface area contributed by atoms with E-state index in [1.165, 1.54) is 50.1 Å². The van der Waals surface area contributed by atoms with Crippen molar-refractivity contribution in [3.8, 4) is 11.1 Å². The molecule has 4 heteroatoms. The predicted molar refractivity (Wildman–Crippen MR) is 193 cm³/mol. The molecule has 0 bridgehead atoms. The topological polar surface area (TPSA) is 0 Å². The maximum absolute atomic E-state index is 2.93. The second-order valence-corrected chi connectivity index (χ2v) is 21.1. The van der Waals surface area contributed by atoms with Gasteiger partial charge in [0.15, 0.2) is 0 Å². The molecule has 47 heavy (non-hydrogen) atoms. The number of fused-ring (bicyclic) bond motifs is 3. The SMILES string of the molecule is CC(C)(C)c1ccc2c(c1)Cc1c-2ccc(C(C)(C)C)[c]1[Zr+2]([C]1=C(c2ccsc2)C=CC1)=[C](c1ccccc1)c1ccccc1.[Cl-].[Cl-]. The van der Waals surface area contributed by atoms with Gasteiger partial charge in [-0.3, -0.25) is 0 Å². The average Bonchev–Trinajstić information content (AvgIpc) is 3.79. The first-order valence-electron chi connectivity index (χ1n) is 16.2. The number of halogens is 2. The molecule has 238 valence electrons. The summed E-state index contributed by atoms with van der Waals surface area (Å²) in [5.41, 5.74) is 14.7. The number of hydrogen-bond donors (Lipinski definition) is 0. The molecule has 0 atom stereocenters. The van der Waals surface area contributed by atoms with Crippen LogP contribution in [0.4, 0.5) is 0 Å². The van der Waals surface area contributed by atoms with Crippen molar-refractivity contribution < 1.29 is 46.1 Å². The average molecular weight is 753 g/mol. The van der Waals surface area contributed by atoms with Crippen LogP contribution in [0.15, 0.2) is 123 Å². The van der Waals surface area contributed by atoms with Gasteiger partial charge in [0.2, 0.25) is 0 Å². The molecule has 1 heterocycles. The Morgan fingerprint density at radius 3 is 1.91 bits per heavy atom. The molecule has 2 aliphatic carbocycles. The molecule has 4 aromatic carbocycles. The Morgan fingerprint density at radius 2 is 1.34 bits per heavy atom. The summed E-state index contributed by atoms with van der Waals surface area (Å²) in [6.45, 7) is 14.3. The van der Waals surface area contributed by atoms with Crippen LogP contribution in [0.1, 0.15) is 86.9 Å². The Morgan fingerprint density at radius 1 is 0.702 bits per heavy atom. The Hall–Kier alpha value is -2.61. The van der Waals surface area contributed by atoms with Gasteiger partial charge >= 0.3 is 283 Å². The van der Waals surface area contributed by atoms with E-state index in [1.807, 2.05) is 0 Å². The predicted octanol–water partition coefficient (Wildman–Crippen LogP) is 4.81. The summed E-state index contributed by atoms with van der Waals surface area (Å²) >= 11 is -1.12. The van der Waals surface area contributed by atoms with Gasteiger partial charge < -0.3 is 24.8 Å². The molecule has 0 radical (unpaired) electrons. The first kappa shape index (κ1) is 35.7. The molecule has 5 aromatic rings. The summed E-state index contributed by atoms with van der Waals surface area (Å²) in [6, 6.07) is 37.2. The first-order chi connectivity index (χ1) is 21.6. The zero-order valence-corrected chi connectivity index (χ0v) is 32.9. The zero-order valence-electron chi connectivity index (χ0n) is 28.1. The van der Waals surface area contributed by atoms with Crippen LogP contribution in [0.3, 0.4) is 0 Å². The van der Waals surface area contributed by atoms with Crippen LogP contribution < -0.4 is 28.1 Å². The molecule has 0 spiro atoms. The van der Waals surface area contributed by atoms with Gasteiger partial charge in [0, 0.05) is 0 Å². The minimum Gasteiger partial charge on any atom is -1.00 e. The van der Waals surface area contributed by atoms with Crippen LogP contribution >= 0.6 is 11.3 Å². The number of allylic oxidation sites excluding steroid dienone is 4. The van der Waals surface area contributed by atoms with Crippen LogP contribution in [0.2, 0.25) is 0 Å². The minimum atomic E-state index is -2.93. The molecule has 0 saturated carbocycles. The van der Waals surface area contributed by atoms with Crippen LogP contribution in [0.5, 0.6) is 0 Å². The van der Waals surface area contributed by atoms with Crippen molar-refractivity contribution in [1.82, 2.24) is 0 Å². The van der Waals surface area contributed by atoms with Crippen molar-refractivity contribution in [2.24, 2.45) is 0 Å². The quantitative estimate of drug-likeness (QED) is 0.238. The van der Waals surface area contributed by atoms with E-state index in [0.29, 0.717) is 0 Å². The van der Waals surface area contributed by atoms with E-state index in [0.717, 1.165) is 12.8 Å². The van der Waals surface area contributed by atoms with E-state index in [2.05, 4.69) is 162 Å². The van der Waals surface area contributed by atoms with Gasteiger partial charge in [-0.05, 0) is 0 Å². The van der Waals surface area contributed by atoms with Crippen molar-refractivity contribution >= 4 is 23.4 Å². The molecule has 0 fully saturated rings. The van der Waals surface area contributed by atoms with Gasteiger partial charge in [0.05, 0.1) is 0 Å². The van der Waals surface area contributed by atoms with Crippen LogP contribution in [-0.2, 0) is 38.5 Å². The Bertz CT molecular complexity index is 1940. The third kappa shape index (κ3) is 6.82. The molecular formula is C43H42Cl2SZr. The molecule has 7 rings (SSSR count). The summed E-state index contributed by atoms with van der Waals surface area (Å²) in [5.74, 6) is 0. The fourth-order valence-electron chi connectivity index (χ4n) is 7.18. The van der Waals surface area contributed by atoms with Crippen LogP contribution in [0.25, 0.3) is 16.7 Å². The largest absolute Gasteiger partial charge is 1.00 e. The van der Waals surface area contributed by atoms with Crippen molar-refractivity contribution in [3.63, 3.8) is 0 Å². The first-order valence-corrected chi connectivity index (χ1v) is 20.8. The summed E-state index contributed by atoms with van der Waals surface area (Å²) in [6.07, 6.45) is 6.91. The van der Waals surface area contributed by atoms with Gasteiger partial charge in [-0.2, -0.15) is 0 Å². The molecule has 1 aromatic heterocycles. The maximum Gasteiger partial charge on any atom is -1.00 e. The van der Waals surface area contributed by atoms with Gasteiger partial charge in [0.1, 0.15) is 0 Å². The normalized spacial score (nSPS) is 13.3. The molecule has 0 amide bonds. The third-order valence-electron chi connectivity index (χ3n) is 9.44. The van der Waals surface area contributed by atoms with Crippen molar-refractivity contribution in [2.45, 2.75) is 65.2 Å². The molecule has 0 nitrogen and oxygen atoms in total. The number of hydrogen-bond acceptors (Lipinski definition) is 1. The molecule has 0 N–H and O–H groups in total. The van der Waals surface area contributed by atoms with Gasteiger partial charge in [-0.1, -0.05) is 0 Å². The molecule has 2 aliphatic rings. The molecule has 0 unspecified atom stereocenters. The second kappa shape index (κ2) is 14.1. The number of rotatable bonds is 5. The van der Waals surface area contributed by atoms with E-state index < -0.39 is 21.3 Å². The third-order valence-corrected chi connectivity index (χ3v) is 18.1. The smallest absolute Gasteiger partial charge is 1.00 e. The molecular weight excluding hydrogens is 711 g/mol. The van der Waals surface area contributed by atoms with E-state index in [4.69, 9.17) is 0 Å². The summed E-state index contributed by atoms with van der Waals surface area (Å²) in [5, 5.41) is 4.58. The summed E-state index contributed by atoms with van der Waals surface area (Å²) < 4.78 is 4.99. The van der Waals surface area contributed by atoms with Gasteiger partial charge in [0.25, 0.3) is 0 Å². The van der Waals surface area contributed by atoms with Crippen LogP contribution in [0, 0.1) is 0 Å². The fourth-order valence-corrected chi connectivity index (χ4v) is 17.3. The van der Waals surface area contributed by atoms with Crippen molar-refractivity contribution in [1.29, 1.82) is 0 Å². The van der Waals surface area contributed by atoms with Crippen LogP contribution in [-0.4, -0.2) is 3.21 Å². The van der Waals surface area contributed by atoms with Gasteiger partial charge in [-0.15, -0.1) is 0 Å². The molecule has 0 saturated heterocycles. The van der Waals surface area contributed by atoms with Gasteiger partial charge in [-0.25, -0.2) is 0 Å². The summed E-state index contributed by atoms with van der Waals surface area (Å²) in [4.78, 5) is 0. The fraction of sp³-hybridized carbons (Fsp3) is 0.233. The van der Waals surface area contributed by atoms with E-state index >= 15 is 0 Å². The number of benzene rings is 4. The van der Waals surface area contributed by atoms with Crippen molar-refractivity contribution in [3.05, 3.63) is 162 Å². The van der Waals surface area contributed by atoms with Crippen molar-refractivity contribution in [2.75, 3.05) is 0 Å². The number of thiophene rings is 1.